The minimum absolute atomic E-state index is 0.0493. The van der Waals surface area contributed by atoms with Gasteiger partial charge < -0.3 is 10.2 Å². The highest BCUT2D eigenvalue weighted by molar-refractivity contribution is 6.20. The molecule has 0 radical (unpaired) electrons. The van der Waals surface area contributed by atoms with Crippen LogP contribution in [0.5, 0.6) is 0 Å². The molecule has 0 saturated carbocycles. The van der Waals surface area contributed by atoms with E-state index in [4.69, 9.17) is 11.6 Å². The second-order valence-electron chi connectivity index (χ2n) is 4.08. The lowest BCUT2D eigenvalue weighted by Gasteiger charge is -2.26. The van der Waals surface area contributed by atoms with Crippen molar-refractivity contribution in [1.82, 2.24) is 4.90 Å². The first-order valence-electron chi connectivity index (χ1n) is 5.41. The van der Waals surface area contributed by atoms with E-state index >= 15 is 0 Å². The Bertz CT molecular complexity index is 419. The van der Waals surface area contributed by atoms with E-state index in [2.05, 4.69) is 18.3 Å². The van der Waals surface area contributed by atoms with Crippen LogP contribution in [0.2, 0.25) is 0 Å². The summed E-state index contributed by atoms with van der Waals surface area (Å²) < 4.78 is 0. The van der Waals surface area contributed by atoms with Crippen LogP contribution in [0.4, 0.5) is 10.5 Å². The third-order valence-electron chi connectivity index (χ3n) is 2.85. The maximum Gasteiger partial charge on any atom is 0.321 e. The van der Waals surface area contributed by atoms with Gasteiger partial charge in [0.1, 0.15) is 0 Å². The number of hydrogen-bond acceptors (Lipinski definition) is 1. The summed E-state index contributed by atoms with van der Waals surface area (Å²) in [5, 5.41) is 2.89. The van der Waals surface area contributed by atoms with Crippen molar-refractivity contribution in [3.63, 3.8) is 0 Å². The summed E-state index contributed by atoms with van der Waals surface area (Å²) >= 11 is 6.20. The van der Waals surface area contributed by atoms with Gasteiger partial charge in [-0.05, 0) is 23.6 Å². The Hall–Kier alpha value is -1.22. The van der Waals surface area contributed by atoms with Gasteiger partial charge in [0.15, 0.2) is 0 Å². The summed E-state index contributed by atoms with van der Waals surface area (Å²) in [6, 6.07) is 5.93. The molecule has 1 aliphatic heterocycles. The first kappa shape index (κ1) is 11.3. The molecule has 1 heterocycles. The molecule has 0 fully saturated rings. The first-order chi connectivity index (χ1) is 7.61. The fourth-order valence-corrected chi connectivity index (χ4v) is 1.97. The number of fused-ring (bicyclic) bond motifs is 1. The van der Waals surface area contributed by atoms with E-state index in [1.54, 1.807) is 11.9 Å². The molecule has 16 heavy (non-hydrogen) atoms. The third kappa shape index (κ3) is 2.00. The molecule has 2 amide bonds. The molecule has 2 rings (SSSR count). The highest BCUT2D eigenvalue weighted by Gasteiger charge is 2.19. The number of amides is 2. The van der Waals surface area contributed by atoms with Crippen molar-refractivity contribution in [2.24, 2.45) is 0 Å². The molecule has 1 unspecified atom stereocenters. The minimum atomic E-state index is -0.0573. The molecule has 0 aliphatic carbocycles. The van der Waals surface area contributed by atoms with Crippen molar-refractivity contribution in [2.45, 2.75) is 25.3 Å². The van der Waals surface area contributed by atoms with E-state index in [-0.39, 0.29) is 11.4 Å². The second kappa shape index (κ2) is 4.34. The highest BCUT2D eigenvalue weighted by Crippen LogP contribution is 2.30. The first-order valence-corrected chi connectivity index (χ1v) is 5.84. The van der Waals surface area contributed by atoms with Gasteiger partial charge in [-0.25, -0.2) is 4.79 Å². The molecule has 0 saturated heterocycles. The molecule has 1 atom stereocenters. The Morgan fingerprint density at radius 1 is 1.56 bits per heavy atom. The summed E-state index contributed by atoms with van der Waals surface area (Å²) in [6.45, 7) is 2.70. The number of hydrogen-bond donors (Lipinski definition) is 1. The number of rotatable bonds is 2. The molecular weight excluding hydrogens is 224 g/mol. The topological polar surface area (TPSA) is 32.3 Å². The van der Waals surface area contributed by atoms with Crippen LogP contribution in [0.25, 0.3) is 0 Å². The van der Waals surface area contributed by atoms with Gasteiger partial charge >= 0.3 is 6.03 Å². The number of nitrogens with zero attached hydrogens (tertiary/aromatic N) is 1. The molecule has 1 aromatic carbocycles. The number of carbonyl (C=O) groups excluding carboxylic acids is 1. The van der Waals surface area contributed by atoms with Crippen LogP contribution in [0.15, 0.2) is 18.2 Å². The van der Waals surface area contributed by atoms with Gasteiger partial charge in [0.05, 0.1) is 5.38 Å². The second-order valence-corrected chi connectivity index (χ2v) is 4.61. The van der Waals surface area contributed by atoms with Gasteiger partial charge in [-0.2, -0.15) is 0 Å². The monoisotopic (exact) mass is 238 g/mol. The average Bonchev–Trinajstić information content (AvgIpc) is 2.29. The third-order valence-corrected chi connectivity index (χ3v) is 3.41. The lowest BCUT2D eigenvalue weighted by molar-refractivity contribution is 0.218. The molecule has 4 heteroatoms. The zero-order valence-corrected chi connectivity index (χ0v) is 10.2. The van der Waals surface area contributed by atoms with Gasteiger partial charge in [-0.1, -0.05) is 19.1 Å². The van der Waals surface area contributed by atoms with Crippen LogP contribution in [-0.4, -0.2) is 18.0 Å². The quantitative estimate of drug-likeness (QED) is 0.788. The van der Waals surface area contributed by atoms with E-state index in [9.17, 15) is 4.79 Å². The van der Waals surface area contributed by atoms with Gasteiger partial charge in [-0.15, -0.1) is 11.6 Å². The Labute approximate surface area is 100 Å². The van der Waals surface area contributed by atoms with E-state index in [0.717, 1.165) is 23.2 Å². The number of carbonyl (C=O) groups is 1. The Balaban J connectivity index is 2.32. The lowest BCUT2D eigenvalue weighted by Crippen LogP contribution is -2.35. The molecular formula is C12H15ClN2O. The van der Waals surface area contributed by atoms with Crippen molar-refractivity contribution in [1.29, 1.82) is 0 Å². The molecule has 1 aliphatic rings. The number of alkyl halides is 1. The van der Waals surface area contributed by atoms with Crippen molar-refractivity contribution in [2.75, 3.05) is 12.4 Å². The maximum absolute atomic E-state index is 11.4. The van der Waals surface area contributed by atoms with Gasteiger partial charge in [0, 0.05) is 19.3 Å². The van der Waals surface area contributed by atoms with Crippen LogP contribution in [-0.2, 0) is 6.54 Å². The molecule has 1 aromatic rings. The van der Waals surface area contributed by atoms with Crippen LogP contribution < -0.4 is 5.32 Å². The fourth-order valence-electron chi connectivity index (χ4n) is 1.83. The zero-order chi connectivity index (χ0) is 11.7. The number of nitrogens with one attached hydrogen (secondary N) is 1. The van der Waals surface area contributed by atoms with Crippen LogP contribution in [0.1, 0.15) is 29.8 Å². The minimum Gasteiger partial charge on any atom is -0.323 e. The van der Waals surface area contributed by atoms with Crippen LogP contribution in [0, 0.1) is 0 Å². The summed E-state index contributed by atoms with van der Waals surface area (Å²) in [4.78, 5) is 13.1. The van der Waals surface area contributed by atoms with Crippen LogP contribution in [0.3, 0.4) is 0 Å². The standard InChI is InChI=1S/C12H15ClN2O/c1-3-10(13)8-4-5-11-9(6-8)7-15(2)12(16)14-11/h4-6,10H,3,7H2,1-2H3,(H,14,16). The molecule has 86 valence electrons. The molecule has 0 bridgehead atoms. The summed E-state index contributed by atoms with van der Waals surface area (Å²) in [6.07, 6.45) is 0.905. The van der Waals surface area contributed by atoms with Crippen molar-refractivity contribution >= 4 is 23.3 Å². The van der Waals surface area contributed by atoms with Crippen LogP contribution >= 0.6 is 11.6 Å². The summed E-state index contributed by atoms with van der Waals surface area (Å²) in [7, 11) is 1.78. The van der Waals surface area contributed by atoms with E-state index < -0.39 is 0 Å². The molecule has 0 aromatic heterocycles. The number of urea groups is 1. The molecule has 1 N–H and O–H groups in total. The maximum atomic E-state index is 11.4. The predicted octanol–water partition coefficient (Wildman–Crippen LogP) is 3.35. The van der Waals surface area contributed by atoms with E-state index in [1.807, 2.05) is 12.1 Å². The fraction of sp³-hybridized carbons (Fsp3) is 0.417. The van der Waals surface area contributed by atoms with Crippen molar-refractivity contribution in [3.05, 3.63) is 29.3 Å². The number of benzene rings is 1. The van der Waals surface area contributed by atoms with E-state index in [0.29, 0.717) is 6.54 Å². The Morgan fingerprint density at radius 3 is 3.00 bits per heavy atom. The van der Waals surface area contributed by atoms with Gasteiger partial charge in [0.25, 0.3) is 0 Å². The average molecular weight is 239 g/mol. The van der Waals surface area contributed by atoms with Crippen molar-refractivity contribution in [3.8, 4) is 0 Å². The van der Waals surface area contributed by atoms with Gasteiger partial charge in [-0.3, -0.25) is 0 Å². The molecule has 0 spiro atoms. The van der Waals surface area contributed by atoms with Crippen molar-refractivity contribution < 1.29 is 4.79 Å². The number of anilines is 1. The Morgan fingerprint density at radius 2 is 2.31 bits per heavy atom. The lowest BCUT2D eigenvalue weighted by atomic mass is 10.0. The largest absolute Gasteiger partial charge is 0.323 e. The highest BCUT2D eigenvalue weighted by atomic mass is 35.5. The SMILES string of the molecule is CCC(Cl)c1ccc2c(c1)CN(C)C(=O)N2. The Kier molecular flexibility index (Phi) is 3.06. The zero-order valence-electron chi connectivity index (χ0n) is 9.46. The number of halogens is 1. The molecule has 3 nitrogen and oxygen atoms in total. The van der Waals surface area contributed by atoms with Gasteiger partial charge in [0.2, 0.25) is 0 Å². The normalized spacial score (nSPS) is 16.7. The summed E-state index contributed by atoms with van der Waals surface area (Å²) in [5.74, 6) is 0. The summed E-state index contributed by atoms with van der Waals surface area (Å²) in [5.41, 5.74) is 3.14. The van der Waals surface area contributed by atoms with E-state index in [1.165, 1.54) is 0 Å². The smallest absolute Gasteiger partial charge is 0.321 e. The predicted molar refractivity (Wildman–Crippen MR) is 65.8 cm³/mol.